The van der Waals surface area contributed by atoms with Crippen molar-refractivity contribution in [2.24, 2.45) is 0 Å². The molecule has 0 aromatic heterocycles. The summed E-state index contributed by atoms with van der Waals surface area (Å²) >= 11 is 3.62. The number of carbonyl (C=O) groups excluding carboxylic acids is 1. The van der Waals surface area contributed by atoms with Crippen LogP contribution in [0.3, 0.4) is 0 Å². The number of hydrogen-bond acceptors (Lipinski definition) is 7. The fraction of sp³-hybridized carbons (Fsp3) is 0.381. The minimum Gasteiger partial charge on any atom is -0.493 e. The molecule has 2 aromatic rings. The normalized spacial score (nSPS) is 21.0. The number of rotatable bonds is 3. The highest BCUT2D eigenvalue weighted by molar-refractivity contribution is 9.10. The predicted molar refractivity (Wildman–Crippen MR) is 109 cm³/mol. The Balaban J connectivity index is 1.74. The Labute approximate surface area is 181 Å². The standard InChI is InChI=1S/C21H20BrNO7/c1-26-11-5-4-10-13(17(11)27-2)21(25)23-7-6-9-12(15(23)16(10)24)18-20(30-8-29-18)19(28-3)14(9)22/h4-5,15-16,24H,6-8H2,1-3H3/t15-,16-/m1/s1. The first kappa shape index (κ1) is 19.3. The lowest BCUT2D eigenvalue weighted by atomic mass is 9.80. The Hall–Kier alpha value is -2.65. The van der Waals surface area contributed by atoms with Crippen LogP contribution in [0.25, 0.3) is 0 Å². The molecule has 158 valence electrons. The Morgan fingerprint density at radius 2 is 1.83 bits per heavy atom. The zero-order valence-electron chi connectivity index (χ0n) is 16.7. The van der Waals surface area contributed by atoms with Crippen molar-refractivity contribution in [2.45, 2.75) is 18.6 Å². The quantitative estimate of drug-likeness (QED) is 0.726. The maximum atomic E-state index is 13.5. The lowest BCUT2D eigenvalue weighted by Crippen LogP contribution is -2.46. The van der Waals surface area contributed by atoms with E-state index < -0.39 is 12.1 Å². The van der Waals surface area contributed by atoms with Crippen molar-refractivity contribution >= 4 is 21.8 Å². The Kier molecular flexibility index (Phi) is 4.48. The molecule has 0 aliphatic carbocycles. The SMILES string of the molecule is COc1ccc2c(c1OC)C(=O)N1CCc3c(Br)c(OC)c4c(c3[C@@H]1[C@@H]2O)OCO4. The van der Waals surface area contributed by atoms with Gasteiger partial charge in [0.05, 0.1) is 37.4 Å². The maximum Gasteiger partial charge on any atom is 0.258 e. The zero-order chi connectivity index (χ0) is 21.2. The van der Waals surface area contributed by atoms with Gasteiger partial charge in [0.2, 0.25) is 12.5 Å². The van der Waals surface area contributed by atoms with E-state index in [2.05, 4.69) is 15.9 Å². The van der Waals surface area contributed by atoms with Crippen LogP contribution in [0.5, 0.6) is 28.7 Å². The summed E-state index contributed by atoms with van der Waals surface area (Å²) in [7, 11) is 4.56. The zero-order valence-corrected chi connectivity index (χ0v) is 18.2. The molecule has 9 heteroatoms. The van der Waals surface area contributed by atoms with Gasteiger partial charge in [-0.15, -0.1) is 0 Å². The van der Waals surface area contributed by atoms with E-state index in [9.17, 15) is 9.90 Å². The summed E-state index contributed by atoms with van der Waals surface area (Å²) in [5.41, 5.74) is 2.49. The van der Waals surface area contributed by atoms with E-state index in [1.807, 2.05) is 0 Å². The van der Waals surface area contributed by atoms with Crippen molar-refractivity contribution in [2.75, 3.05) is 34.7 Å². The van der Waals surface area contributed by atoms with Crippen LogP contribution in [0.15, 0.2) is 16.6 Å². The molecule has 5 rings (SSSR count). The minimum atomic E-state index is -0.981. The number of ether oxygens (including phenoxy) is 5. The lowest BCUT2D eigenvalue weighted by Gasteiger charge is -2.44. The van der Waals surface area contributed by atoms with Crippen molar-refractivity contribution in [1.29, 1.82) is 0 Å². The predicted octanol–water partition coefficient (Wildman–Crippen LogP) is 2.99. The number of aliphatic hydroxyl groups excluding tert-OH is 1. The second kappa shape index (κ2) is 6.95. The molecule has 0 saturated carbocycles. The summed E-state index contributed by atoms with van der Waals surface area (Å²) in [4.78, 5) is 15.2. The molecule has 0 fully saturated rings. The van der Waals surface area contributed by atoms with E-state index in [-0.39, 0.29) is 12.7 Å². The minimum absolute atomic E-state index is 0.0486. The molecule has 1 amide bonds. The van der Waals surface area contributed by atoms with Gasteiger partial charge < -0.3 is 33.7 Å². The molecule has 3 heterocycles. The molecule has 2 aromatic carbocycles. The molecule has 0 bridgehead atoms. The van der Waals surface area contributed by atoms with Crippen molar-refractivity contribution in [1.82, 2.24) is 4.90 Å². The molecule has 0 saturated heterocycles. The number of halogens is 1. The second-order valence-electron chi connectivity index (χ2n) is 7.21. The van der Waals surface area contributed by atoms with Gasteiger partial charge in [0.1, 0.15) is 6.10 Å². The van der Waals surface area contributed by atoms with Gasteiger partial charge >= 0.3 is 0 Å². The van der Waals surface area contributed by atoms with Gasteiger partial charge in [0, 0.05) is 12.1 Å². The van der Waals surface area contributed by atoms with Crippen molar-refractivity contribution in [3.8, 4) is 28.7 Å². The third kappa shape index (κ3) is 2.39. The summed E-state index contributed by atoms with van der Waals surface area (Å²) in [5, 5.41) is 11.4. The summed E-state index contributed by atoms with van der Waals surface area (Å²) < 4.78 is 28.5. The van der Waals surface area contributed by atoms with E-state index in [1.54, 1.807) is 24.1 Å². The molecule has 8 nitrogen and oxygen atoms in total. The highest BCUT2D eigenvalue weighted by Gasteiger charge is 2.48. The van der Waals surface area contributed by atoms with E-state index >= 15 is 0 Å². The van der Waals surface area contributed by atoms with Gasteiger partial charge in [-0.25, -0.2) is 0 Å². The Morgan fingerprint density at radius 3 is 2.53 bits per heavy atom. The highest BCUT2D eigenvalue weighted by atomic mass is 79.9. The molecule has 0 radical (unpaired) electrons. The number of hydrogen-bond donors (Lipinski definition) is 1. The van der Waals surface area contributed by atoms with Gasteiger partial charge in [-0.05, 0) is 39.5 Å². The van der Waals surface area contributed by atoms with Gasteiger partial charge in [-0.3, -0.25) is 4.79 Å². The molecule has 0 spiro atoms. The molecular weight excluding hydrogens is 458 g/mol. The Bertz CT molecular complexity index is 1070. The van der Waals surface area contributed by atoms with Crippen LogP contribution in [0.4, 0.5) is 0 Å². The number of aliphatic hydroxyl groups is 1. The first-order chi connectivity index (χ1) is 14.5. The molecule has 1 N–H and O–H groups in total. The number of amides is 1. The summed E-state index contributed by atoms with van der Waals surface area (Å²) in [5.74, 6) is 2.08. The summed E-state index contributed by atoms with van der Waals surface area (Å²) in [6.07, 6.45) is -0.412. The van der Waals surface area contributed by atoms with Crippen LogP contribution in [0.1, 0.15) is 39.2 Å². The first-order valence-corrected chi connectivity index (χ1v) is 10.2. The fourth-order valence-electron chi connectivity index (χ4n) is 4.68. The van der Waals surface area contributed by atoms with E-state index in [1.165, 1.54) is 14.2 Å². The van der Waals surface area contributed by atoms with Crippen LogP contribution in [0.2, 0.25) is 0 Å². The van der Waals surface area contributed by atoms with Crippen LogP contribution in [-0.4, -0.2) is 50.6 Å². The Morgan fingerprint density at radius 1 is 1.10 bits per heavy atom. The molecule has 0 unspecified atom stereocenters. The highest BCUT2D eigenvalue weighted by Crippen LogP contribution is 2.58. The van der Waals surface area contributed by atoms with Crippen molar-refractivity contribution < 1.29 is 33.6 Å². The lowest BCUT2D eigenvalue weighted by molar-refractivity contribution is 0.0198. The molecule has 2 atom stereocenters. The third-order valence-corrected chi connectivity index (χ3v) is 6.80. The number of carbonyl (C=O) groups is 1. The molecule has 3 aliphatic rings. The van der Waals surface area contributed by atoms with Gasteiger partial charge in [-0.2, -0.15) is 0 Å². The van der Waals surface area contributed by atoms with Crippen molar-refractivity contribution in [3.05, 3.63) is 38.9 Å². The van der Waals surface area contributed by atoms with Gasteiger partial charge in [-0.1, -0.05) is 6.07 Å². The van der Waals surface area contributed by atoms with Crippen LogP contribution >= 0.6 is 15.9 Å². The second-order valence-corrected chi connectivity index (χ2v) is 8.00. The summed E-state index contributed by atoms with van der Waals surface area (Å²) in [6.45, 7) is 0.474. The largest absolute Gasteiger partial charge is 0.493 e. The molecular formula is C21H20BrNO7. The monoisotopic (exact) mass is 477 g/mol. The summed E-state index contributed by atoms with van der Waals surface area (Å²) in [6, 6.07) is 2.78. The smallest absolute Gasteiger partial charge is 0.258 e. The number of benzene rings is 2. The number of methoxy groups -OCH3 is 3. The van der Waals surface area contributed by atoms with Crippen LogP contribution in [0, 0.1) is 0 Å². The van der Waals surface area contributed by atoms with E-state index in [0.717, 1.165) is 15.6 Å². The average Bonchev–Trinajstić information content (AvgIpc) is 3.25. The first-order valence-electron chi connectivity index (χ1n) is 9.45. The van der Waals surface area contributed by atoms with Gasteiger partial charge in [0.25, 0.3) is 5.91 Å². The number of nitrogens with zero attached hydrogens (tertiary/aromatic N) is 1. The van der Waals surface area contributed by atoms with Crippen LogP contribution < -0.4 is 23.7 Å². The van der Waals surface area contributed by atoms with Crippen LogP contribution in [-0.2, 0) is 6.42 Å². The van der Waals surface area contributed by atoms with Gasteiger partial charge in [0.15, 0.2) is 23.0 Å². The van der Waals surface area contributed by atoms with Crippen molar-refractivity contribution in [3.63, 3.8) is 0 Å². The number of fused-ring (bicyclic) bond motifs is 6. The third-order valence-electron chi connectivity index (χ3n) is 5.96. The average molecular weight is 478 g/mol. The topological polar surface area (TPSA) is 86.7 Å². The van der Waals surface area contributed by atoms with E-state index in [4.69, 9.17) is 23.7 Å². The molecule has 3 aliphatic heterocycles. The molecule has 30 heavy (non-hydrogen) atoms. The fourth-order valence-corrected chi connectivity index (χ4v) is 5.44. The maximum absolute atomic E-state index is 13.5. The van der Waals surface area contributed by atoms with E-state index in [0.29, 0.717) is 52.8 Å².